The summed E-state index contributed by atoms with van der Waals surface area (Å²) in [5.74, 6) is 0.602. The molecule has 45 heavy (non-hydrogen) atoms. The van der Waals surface area contributed by atoms with Crippen molar-refractivity contribution in [1.82, 2.24) is 30.2 Å². The summed E-state index contributed by atoms with van der Waals surface area (Å²) in [5, 5.41) is 6.05. The van der Waals surface area contributed by atoms with Crippen LogP contribution in [-0.2, 0) is 32.5 Å². The van der Waals surface area contributed by atoms with Crippen LogP contribution in [-0.4, -0.2) is 80.5 Å². The molecule has 12 heteroatoms. The van der Waals surface area contributed by atoms with E-state index < -0.39 is 27.4 Å². The normalized spacial score (nSPS) is 18.5. The zero-order chi connectivity index (χ0) is 31.7. The van der Waals surface area contributed by atoms with Gasteiger partial charge in [-0.2, -0.15) is 4.72 Å². The lowest BCUT2D eigenvalue weighted by molar-refractivity contribution is -0.134. The van der Waals surface area contributed by atoms with E-state index >= 15 is 0 Å². The van der Waals surface area contributed by atoms with Crippen molar-refractivity contribution in [2.24, 2.45) is 5.41 Å². The van der Waals surface area contributed by atoms with E-state index in [1.54, 1.807) is 18.3 Å². The summed E-state index contributed by atoms with van der Waals surface area (Å²) in [6.07, 6.45) is 8.46. The van der Waals surface area contributed by atoms with Crippen molar-refractivity contribution in [3.8, 4) is 5.75 Å². The first kappa shape index (κ1) is 32.6. The lowest BCUT2D eigenvalue weighted by atomic mass is 9.73. The van der Waals surface area contributed by atoms with Gasteiger partial charge in [0.1, 0.15) is 18.4 Å². The largest absolute Gasteiger partial charge is 0.491 e. The molecule has 1 saturated heterocycles. The summed E-state index contributed by atoms with van der Waals surface area (Å²) in [6.45, 7) is 5.26. The molecule has 2 aromatic carbocycles. The van der Waals surface area contributed by atoms with E-state index in [0.29, 0.717) is 31.9 Å². The van der Waals surface area contributed by atoms with Gasteiger partial charge in [0, 0.05) is 31.4 Å². The van der Waals surface area contributed by atoms with E-state index in [1.165, 1.54) is 24.0 Å². The second-order valence-electron chi connectivity index (χ2n) is 12.1. The molecular weight excluding hydrogens is 592 g/mol. The number of nitrogens with one attached hydrogen (secondary N) is 4. The fraction of sp³-hybridized carbons (Fsp3) is 0.485. The van der Waals surface area contributed by atoms with Crippen molar-refractivity contribution in [2.75, 3.05) is 39.3 Å². The van der Waals surface area contributed by atoms with Gasteiger partial charge in [-0.3, -0.25) is 9.59 Å². The highest BCUT2D eigenvalue weighted by molar-refractivity contribution is 7.89. The average Bonchev–Trinajstić information content (AvgIpc) is 3.55. The fourth-order valence-corrected chi connectivity index (χ4v) is 7.37. The summed E-state index contributed by atoms with van der Waals surface area (Å²) < 4.78 is 34.7. The van der Waals surface area contributed by atoms with Crippen molar-refractivity contribution < 1.29 is 22.7 Å². The minimum Gasteiger partial charge on any atom is -0.491 e. The lowest BCUT2D eigenvalue weighted by Gasteiger charge is -2.41. The Balaban J connectivity index is 1.14. The van der Waals surface area contributed by atoms with Crippen LogP contribution in [0.3, 0.4) is 0 Å². The number of fused-ring (bicyclic) bond motifs is 1. The SMILES string of the molecule is Cc1ccc(S(=O)(=O)NC(Cc2cnc[nH]2)C(=O)NCCN2CCC3(CCCCc4ccccc4OCCNC3=O)CC2)cc1. The molecule has 1 spiro atoms. The van der Waals surface area contributed by atoms with Gasteiger partial charge in [0.2, 0.25) is 21.8 Å². The second-order valence-corrected chi connectivity index (χ2v) is 13.8. The minimum absolute atomic E-state index is 0.103. The number of aromatic nitrogens is 2. The van der Waals surface area contributed by atoms with Gasteiger partial charge < -0.3 is 25.3 Å². The first-order valence-electron chi connectivity index (χ1n) is 15.8. The van der Waals surface area contributed by atoms with E-state index in [-0.39, 0.29) is 17.2 Å². The quantitative estimate of drug-likeness (QED) is 0.283. The molecule has 1 fully saturated rings. The van der Waals surface area contributed by atoms with E-state index in [0.717, 1.165) is 62.9 Å². The Kier molecular flexibility index (Phi) is 10.9. The number of sulfonamides is 1. The van der Waals surface area contributed by atoms with E-state index in [2.05, 4.69) is 36.3 Å². The number of amides is 2. The van der Waals surface area contributed by atoms with Gasteiger partial charge >= 0.3 is 0 Å². The Morgan fingerprint density at radius 1 is 1.09 bits per heavy atom. The Labute approximate surface area is 265 Å². The number of nitrogens with zero attached hydrogens (tertiary/aromatic N) is 2. The number of benzene rings is 2. The molecule has 3 heterocycles. The summed E-state index contributed by atoms with van der Waals surface area (Å²) in [5.41, 5.74) is 2.40. The number of aryl methyl sites for hydroxylation is 2. The number of ether oxygens (including phenoxy) is 1. The number of imidazole rings is 1. The third kappa shape index (κ3) is 8.71. The van der Waals surface area contributed by atoms with Gasteiger partial charge in [-0.25, -0.2) is 13.4 Å². The van der Waals surface area contributed by atoms with Crippen LogP contribution in [0.5, 0.6) is 5.75 Å². The standard InChI is InChI=1S/C33H44N6O5S/c1-25-9-11-28(12-10-25)45(42,43)38-29(22-27-23-34-24-37-27)31(40)35-16-20-39-18-14-33(15-19-39)13-5-4-7-26-6-2-3-8-30(26)44-21-17-36-32(33)41/h2-3,6,8-12,23-24,29,38H,4-5,7,13-22H2,1H3,(H,34,37)(H,35,40)(H,36,41). The van der Waals surface area contributed by atoms with Gasteiger partial charge in [0.15, 0.2) is 0 Å². The molecular formula is C33H44N6O5S. The Morgan fingerprint density at radius 2 is 1.87 bits per heavy atom. The number of para-hydroxylation sites is 1. The van der Waals surface area contributed by atoms with Crippen LogP contribution in [0.2, 0.25) is 0 Å². The molecule has 1 aromatic heterocycles. The molecule has 2 aliphatic rings. The molecule has 1 unspecified atom stereocenters. The van der Waals surface area contributed by atoms with Crippen molar-refractivity contribution in [2.45, 2.75) is 62.8 Å². The molecule has 0 bridgehead atoms. The van der Waals surface area contributed by atoms with Crippen molar-refractivity contribution in [3.05, 3.63) is 77.9 Å². The minimum atomic E-state index is -3.92. The monoisotopic (exact) mass is 636 g/mol. The maximum atomic E-state index is 13.4. The van der Waals surface area contributed by atoms with Crippen molar-refractivity contribution in [1.29, 1.82) is 0 Å². The number of carbonyl (C=O) groups is 2. The predicted octanol–water partition coefficient (Wildman–Crippen LogP) is 2.73. The summed E-state index contributed by atoms with van der Waals surface area (Å²) in [4.78, 5) is 36.0. The summed E-state index contributed by atoms with van der Waals surface area (Å²) in [6, 6.07) is 13.6. The molecule has 2 aliphatic heterocycles. The van der Waals surface area contributed by atoms with Crippen molar-refractivity contribution >= 4 is 21.8 Å². The first-order valence-corrected chi connectivity index (χ1v) is 17.3. The topological polar surface area (TPSA) is 146 Å². The number of H-pyrrole nitrogens is 1. The molecule has 0 radical (unpaired) electrons. The van der Waals surface area contributed by atoms with E-state index in [1.807, 2.05) is 25.1 Å². The lowest BCUT2D eigenvalue weighted by Crippen LogP contribution is -2.52. The highest BCUT2D eigenvalue weighted by atomic mass is 32.2. The predicted molar refractivity (Wildman–Crippen MR) is 171 cm³/mol. The smallest absolute Gasteiger partial charge is 0.241 e. The number of rotatable bonds is 9. The summed E-state index contributed by atoms with van der Waals surface area (Å²) >= 11 is 0. The highest BCUT2D eigenvalue weighted by Gasteiger charge is 2.40. The number of hydrogen-bond donors (Lipinski definition) is 4. The molecule has 1 atom stereocenters. The molecule has 3 aromatic rings. The first-order chi connectivity index (χ1) is 21.7. The summed E-state index contributed by atoms with van der Waals surface area (Å²) in [7, 11) is -3.92. The van der Waals surface area contributed by atoms with Crippen LogP contribution in [0.15, 0.2) is 66.0 Å². The molecule has 0 aliphatic carbocycles. The van der Waals surface area contributed by atoms with Crippen LogP contribution < -0.4 is 20.1 Å². The number of aromatic amines is 1. The van der Waals surface area contributed by atoms with Gasteiger partial charge in [-0.1, -0.05) is 42.3 Å². The fourth-order valence-electron chi connectivity index (χ4n) is 6.18. The van der Waals surface area contributed by atoms with Crippen LogP contribution >= 0.6 is 0 Å². The molecule has 4 N–H and O–H groups in total. The van der Waals surface area contributed by atoms with Crippen LogP contribution in [0, 0.1) is 12.3 Å². The number of likely N-dealkylation sites (tertiary alicyclic amines) is 1. The molecule has 2 amide bonds. The maximum absolute atomic E-state index is 13.4. The van der Waals surface area contributed by atoms with Crippen LogP contribution in [0.25, 0.3) is 0 Å². The Hall–Kier alpha value is -3.74. The van der Waals surface area contributed by atoms with Crippen LogP contribution in [0.4, 0.5) is 0 Å². The van der Waals surface area contributed by atoms with Gasteiger partial charge in [0.25, 0.3) is 0 Å². The molecule has 5 rings (SSSR count). The van der Waals surface area contributed by atoms with Gasteiger partial charge in [0.05, 0.1) is 23.2 Å². The van der Waals surface area contributed by atoms with E-state index in [4.69, 9.17) is 4.74 Å². The van der Waals surface area contributed by atoms with Gasteiger partial charge in [-0.05, 0) is 75.9 Å². The third-order valence-electron chi connectivity index (χ3n) is 8.92. The van der Waals surface area contributed by atoms with Crippen LogP contribution in [0.1, 0.15) is 48.9 Å². The molecule has 242 valence electrons. The number of piperidine rings is 1. The highest BCUT2D eigenvalue weighted by Crippen LogP contribution is 2.37. The molecule has 0 saturated carbocycles. The second kappa shape index (κ2) is 15.0. The third-order valence-corrected chi connectivity index (χ3v) is 10.4. The van der Waals surface area contributed by atoms with E-state index in [9.17, 15) is 18.0 Å². The Morgan fingerprint density at radius 3 is 2.62 bits per heavy atom. The Bertz CT molecular complexity index is 1520. The van der Waals surface area contributed by atoms with Crippen molar-refractivity contribution in [3.63, 3.8) is 0 Å². The molecule has 11 nitrogen and oxygen atoms in total. The zero-order valence-electron chi connectivity index (χ0n) is 25.9. The average molecular weight is 637 g/mol. The number of carbonyl (C=O) groups excluding carboxylic acids is 2. The van der Waals surface area contributed by atoms with Gasteiger partial charge in [-0.15, -0.1) is 0 Å². The zero-order valence-corrected chi connectivity index (χ0v) is 26.7. The number of hydrogen-bond acceptors (Lipinski definition) is 7. The maximum Gasteiger partial charge on any atom is 0.241 e.